The summed E-state index contributed by atoms with van der Waals surface area (Å²) < 4.78 is 6.60. The van der Waals surface area contributed by atoms with Crippen molar-refractivity contribution in [3.05, 3.63) is 58.1 Å². The SMILES string of the molecule is CCN(Cc1ccccc1NC(=O)C(C)Oc1ccc(C)cc1Br)C(C)=O. The molecule has 0 aliphatic carbocycles. The standard InChI is InChI=1S/C21H25BrN2O3/c1-5-24(16(4)25)13-17-8-6-7-9-19(17)23-21(26)15(3)27-20-11-10-14(2)12-18(20)22/h6-12,15H,5,13H2,1-4H3,(H,23,26). The molecule has 1 N–H and O–H groups in total. The van der Waals surface area contributed by atoms with Crippen molar-refractivity contribution in [2.24, 2.45) is 0 Å². The summed E-state index contributed by atoms with van der Waals surface area (Å²) in [4.78, 5) is 26.0. The van der Waals surface area contributed by atoms with Crippen molar-refractivity contribution in [2.75, 3.05) is 11.9 Å². The third-order valence-electron chi connectivity index (χ3n) is 4.22. The number of hydrogen-bond donors (Lipinski definition) is 1. The van der Waals surface area contributed by atoms with Crippen molar-refractivity contribution in [3.8, 4) is 5.75 Å². The van der Waals surface area contributed by atoms with E-state index in [0.29, 0.717) is 24.5 Å². The van der Waals surface area contributed by atoms with E-state index in [1.54, 1.807) is 18.7 Å². The maximum absolute atomic E-state index is 12.6. The van der Waals surface area contributed by atoms with Gasteiger partial charge in [-0.1, -0.05) is 24.3 Å². The number of amides is 2. The molecule has 2 aromatic rings. The maximum Gasteiger partial charge on any atom is 0.265 e. The normalized spacial score (nSPS) is 11.6. The number of para-hydroxylation sites is 1. The maximum atomic E-state index is 12.6. The molecule has 6 heteroatoms. The first-order valence-corrected chi connectivity index (χ1v) is 9.68. The smallest absolute Gasteiger partial charge is 0.265 e. The minimum absolute atomic E-state index is 0.000415. The van der Waals surface area contributed by atoms with Crippen molar-refractivity contribution in [3.63, 3.8) is 0 Å². The van der Waals surface area contributed by atoms with E-state index in [0.717, 1.165) is 15.6 Å². The number of hydrogen-bond acceptors (Lipinski definition) is 3. The fraction of sp³-hybridized carbons (Fsp3) is 0.333. The summed E-state index contributed by atoms with van der Waals surface area (Å²) in [6.45, 7) is 8.22. The largest absolute Gasteiger partial charge is 0.480 e. The van der Waals surface area contributed by atoms with Crippen molar-refractivity contribution in [2.45, 2.75) is 40.3 Å². The van der Waals surface area contributed by atoms with Crippen LogP contribution >= 0.6 is 15.9 Å². The first-order chi connectivity index (χ1) is 12.8. The molecule has 0 radical (unpaired) electrons. The van der Waals surface area contributed by atoms with Gasteiger partial charge in [0.05, 0.1) is 4.47 Å². The van der Waals surface area contributed by atoms with Gasteiger partial charge in [0.25, 0.3) is 5.91 Å². The van der Waals surface area contributed by atoms with Gasteiger partial charge in [-0.15, -0.1) is 0 Å². The molecule has 144 valence electrons. The summed E-state index contributed by atoms with van der Waals surface area (Å²) in [6.07, 6.45) is -0.674. The fourth-order valence-electron chi connectivity index (χ4n) is 2.61. The number of anilines is 1. The summed E-state index contributed by atoms with van der Waals surface area (Å²) in [6, 6.07) is 13.2. The minimum Gasteiger partial charge on any atom is -0.480 e. The lowest BCUT2D eigenvalue weighted by Gasteiger charge is -2.22. The summed E-state index contributed by atoms with van der Waals surface area (Å²) in [7, 11) is 0. The zero-order valence-electron chi connectivity index (χ0n) is 16.1. The van der Waals surface area contributed by atoms with Crippen LogP contribution in [0.15, 0.2) is 46.9 Å². The Morgan fingerprint density at radius 2 is 1.93 bits per heavy atom. The van der Waals surface area contributed by atoms with Crippen LogP contribution in [0.5, 0.6) is 5.75 Å². The monoisotopic (exact) mass is 432 g/mol. The number of nitrogens with zero attached hydrogens (tertiary/aromatic N) is 1. The zero-order chi connectivity index (χ0) is 20.0. The zero-order valence-corrected chi connectivity index (χ0v) is 17.7. The lowest BCUT2D eigenvalue weighted by atomic mass is 10.1. The average Bonchev–Trinajstić information content (AvgIpc) is 2.62. The molecule has 2 amide bonds. The van der Waals surface area contributed by atoms with Crippen LogP contribution in [0.4, 0.5) is 5.69 Å². The second-order valence-electron chi connectivity index (χ2n) is 6.37. The van der Waals surface area contributed by atoms with Gasteiger partial charge in [-0.05, 0) is 66.0 Å². The third-order valence-corrected chi connectivity index (χ3v) is 4.84. The predicted molar refractivity (Wildman–Crippen MR) is 111 cm³/mol. The molecule has 1 unspecified atom stereocenters. The Morgan fingerprint density at radius 1 is 1.22 bits per heavy atom. The molecule has 1 atom stereocenters. The molecule has 0 spiro atoms. The van der Waals surface area contributed by atoms with Gasteiger partial charge in [0.15, 0.2) is 6.10 Å². The van der Waals surface area contributed by atoms with Gasteiger partial charge < -0.3 is 15.0 Å². The van der Waals surface area contributed by atoms with E-state index in [4.69, 9.17) is 4.74 Å². The van der Waals surface area contributed by atoms with E-state index in [2.05, 4.69) is 21.2 Å². The Kier molecular flexibility index (Phi) is 7.42. The second kappa shape index (κ2) is 9.55. The van der Waals surface area contributed by atoms with Crippen LogP contribution < -0.4 is 10.1 Å². The van der Waals surface area contributed by atoms with Gasteiger partial charge in [0.1, 0.15) is 5.75 Å². The van der Waals surface area contributed by atoms with E-state index in [1.165, 1.54) is 0 Å². The topological polar surface area (TPSA) is 58.6 Å². The van der Waals surface area contributed by atoms with Gasteiger partial charge in [-0.3, -0.25) is 9.59 Å². The van der Waals surface area contributed by atoms with Crippen molar-refractivity contribution in [1.82, 2.24) is 4.90 Å². The van der Waals surface area contributed by atoms with Gasteiger partial charge >= 0.3 is 0 Å². The summed E-state index contributed by atoms with van der Waals surface area (Å²) in [5.41, 5.74) is 2.67. The number of rotatable bonds is 7. The Balaban J connectivity index is 2.09. The van der Waals surface area contributed by atoms with Crippen molar-refractivity contribution in [1.29, 1.82) is 0 Å². The summed E-state index contributed by atoms with van der Waals surface area (Å²) in [5, 5.41) is 2.91. The molecule has 0 aliphatic heterocycles. The van der Waals surface area contributed by atoms with E-state index in [1.807, 2.05) is 56.3 Å². The second-order valence-corrected chi connectivity index (χ2v) is 7.23. The van der Waals surface area contributed by atoms with E-state index in [9.17, 15) is 9.59 Å². The molecule has 2 aromatic carbocycles. The van der Waals surface area contributed by atoms with Gasteiger partial charge in [-0.2, -0.15) is 0 Å². The van der Waals surface area contributed by atoms with Crippen LogP contribution in [0.1, 0.15) is 31.9 Å². The number of nitrogens with one attached hydrogen (secondary N) is 1. The molecule has 0 aliphatic rings. The van der Waals surface area contributed by atoms with Crippen LogP contribution in [-0.2, 0) is 16.1 Å². The molecule has 5 nitrogen and oxygen atoms in total. The highest BCUT2D eigenvalue weighted by Gasteiger charge is 2.18. The van der Waals surface area contributed by atoms with Crippen molar-refractivity contribution >= 4 is 33.4 Å². The predicted octanol–water partition coefficient (Wildman–Crippen LogP) is 4.53. The van der Waals surface area contributed by atoms with Gasteiger partial charge in [0.2, 0.25) is 5.91 Å². The van der Waals surface area contributed by atoms with Gasteiger partial charge in [-0.25, -0.2) is 0 Å². The average molecular weight is 433 g/mol. The highest BCUT2D eigenvalue weighted by Crippen LogP contribution is 2.27. The van der Waals surface area contributed by atoms with Crippen LogP contribution in [0, 0.1) is 6.92 Å². The minimum atomic E-state index is -0.674. The highest BCUT2D eigenvalue weighted by molar-refractivity contribution is 9.10. The number of benzene rings is 2. The molecular weight excluding hydrogens is 408 g/mol. The van der Waals surface area contributed by atoms with E-state index < -0.39 is 6.10 Å². The molecule has 2 rings (SSSR count). The summed E-state index contributed by atoms with van der Waals surface area (Å²) >= 11 is 3.46. The molecular formula is C21H25BrN2O3. The number of aryl methyl sites for hydroxylation is 1. The molecule has 0 heterocycles. The molecule has 0 bridgehead atoms. The van der Waals surface area contributed by atoms with E-state index >= 15 is 0 Å². The fourth-order valence-corrected chi connectivity index (χ4v) is 3.20. The first kappa shape index (κ1) is 21.0. The Labute approximate surface area is 168 Å². The molecule has 27 heavy (non-hydrogen) atoms. The Hall–Kier alpha value is -2.34. The Morgan fingerprint density at radius 3 is 2.56 bits per heavy atom. The number of carbonyl (C=O) groups is 2. The first-order valence-electron chi connectivity index (χ1n) is 8.89. The lowest BCUT2D eigenvalue weighted by Crippen LogP contribution is -2.32. The van der Waals surface area contributed by atoms with Crippen LogP contribution in [0.3, 0.4) is 0 Å². The third kappa shape index (κ3) is 5.82. The highest BCUT2D eigenvalue weighted by atomic mass is 79.9. The quantitative estimate of drug-likeness (QED) is 0.698. The number of ether oxygens (including phenoxy) is 1. The van der Waals surface area contributed by atoms with Crippen molar-refractivity contribution < 1.29 is 14.3 Å². The molecule has 0 saturated heterocycles. The van der Waals surface area contributed by atoms with Gasteiger partial charge in [0, 0.05) is 25.7 Å². The number of carbonyl (C=O) groups excluding carboxylic acids is 2. The molecule has 0 fully saturated rings. The lowest BCUT2D eigenvalue weighted by molar-refractivity contribution is -0.129. The van der Waals surface area contributed by atoms with E-state index in [-0.39, 0.29) is 11.8 Å². The molecule has 0 saturated carbocycles. The number of halogens is 1. The van der Waals surface area contributed by atoms with Crippen LogP contribution in [0.25, 0.3) is 0 Å². The van der Waals surface area contributed by atoms with Crippen LogP contribution in [-0.4, -0.2) is 29.4 Å². The summed E-state index contributed by atoms with van der Waals surface area (Å²) in [5.74, 6) is 0.366. The van der Waals surface area contributed by atoms with Crippen LogP contribution in [0.2, 0.25) is 0 Å². The molecule has 0 aromatic heterocycles. The Bertz CT molecular complexity index is 823.